The molecular weight excluding hydrogens is 240 g/mol. The molecule has 0 radical (unpaired) electrons. The number of nitrogens with zero attached hydrogens (tertiary/aromatic N) is 2. The van der Waals surface area contributed by atoms with Crippen molar-refractivity contribution in [3.63, 3.8) is 0 Å². The first-order chi connectivity index (χ1) is 8.22. The van der Waals surface area contributed by atoms with Gasteiger partial charge in [-0.1, -0.05) is 11.6 Å². The molecule has 0 aliphatic carbocycles. The van der Waals surface area contributed by atoms with E-state index >= 15 is 0 Å². The lowest BCUT2D eigenvalue weighted by Crippen LogP contribution is -2.45. The number of halogens is 1. The summed E-state index contributed by atoms with van der Waals surface area (Å²) >= 11 is 5.84. The highest BCUT2D eigenvalue weighted by molar-refractivity contribution is 6.30. The van der Waals surface area contributed by atoms with Crippen LogP contribution in [0.25, 0.3) is 0 Å². The molecule has 1 aliphatic rings. The quantitative estimate of drug-likeness (QED) is 0.874. The van der Waals surface area contributed by atoms with Gasteiger partial charge >= 0.3 is 0 Å². The molecule has 1 fully saturated rings. The molecule has 4 nitrogen and oxygen atoms in total. The standard InChI is InChI=1S/C12H15ClN2O2/c13-9-4-5-14-11(7-9)12(17)15-6-2-1-3-10(15)8-16/h4-5,7,10,16H,1-3,6,8H2. The van der Waals surface area contributed by atoms with Crippen LogP contribution in [0.2, 0.25) is 5.02 Å². The van der Waals surface area contributed by atoms with E-state index in [1.165, 1.54) is 6.20 Å². The molecule has 1 aliphatic heterocycles. The Kier molecular flexibility index (Phi) is 3.97. The zero-order chi connectivity index (χ0) is 12.3. The number of carbonyl (C=O) groups is 1. The Morgan fingerprint density at radius 1 is 1.59 bits per heavy atom. The van der Waals surface area contributed by atoms with E-state index in [4.69, 9.17) is 11.6 Å². The van der Waals surface area contributed by atoms with Gasteiger partial charge in [0.1, 0.15) is 5.69 Å². The Morgan fingerprint density at radius 2 is 2.41 bits per heavy atom. The Bertz CT molecular complexity index is 411. The van der Waals surface area contributed by atoms with Gasteiger partial charge in [-0.2, -0.15) is 0 Å². The van der Waals surface area contributed by atoms with Crippen molar-refractivity contribution in [2.45, 2.75) is 25.3 Å². The summed E-state index contributed by atoms with van der Waals surface area (Å²) in [4.78, 5) is 17.9. The van der Waals surface area contributed by atoms with Crippen LogP contribution in [0.4, 0.5) is 0 Å². The molecule has 5 heteroatoms. The van der Waals surface area contributed by atoms with Gasteiger partial charge in [0.15, 0.2) is 0 Å². The predicted octanol–water partition coefficient (Wildman–Crippen LogP) is 1.72. The van der Waals surface area contributed by atoms with Crippen molar-refractivity contribution in [3.8, 4) is 0 Å². The van der Waals surface area contributed by atoms with Gasteiger partial charge in [0.2, 0.25) is 0 Å². The third kappa shape index (κ3) is 2.76. The third-order valence-electron chi connectivity index (χ3n) is 3.04. The minimum Gasteiger partial charge on any atom is -0.394 e. The largest absolute Gasteiger partial charge is 0.394 e. The number of pyridine rings is 1. The topological polar surface area (TPSA) is 53.4 Å². The zero-order valence-corrected chi connectivity index (χ0v) is 10.2. The van der Waals surface area contributed by atoms with Crippen LogP contribution in [0, 0.1) is 0 Å². The van der Waals surface area contributed by atoms with Crippen molar-refractivity contribution in [3.05, 3.63) is 29.0 Å². The van der Waals surface area contributed by atoms with E-state index in [0.717, 1.165) is 19.3 Å². The highest BCUT2D eigenvalue weighted by Gasteiger charge is 2.27. The normalized spacial score (nSPS) is 20.4. The fourth-order valence-electron chi connectivity index (χ4n) is 2.13. The van der Waals surface area contributed by atoms with Crippen LogP contribution in [0.15, 0.2) is 18.3 Å². The van der Waals surface area contributed by atoms with Crippen molar-refractivity contribution in [2.75, 3.05) is 13.2 Å². The molecule has 1 amide bonds. The molecule has 1 saturated heterocycles. The summed E-state index contributed by atoms with van der Waals surface area (Å²) in [7, 11) is 0. The predicted molar refractivity (Wildman–Crippen MR) is 65.0 cm³/mol. The third-order valence-corrected chi connectivity index (χ3v) is 3.27. The maximum atomic E-state index is 12.2. The molecule has 0 aromatic carbocycles. The number of aliphatic hydroxyl groups excluding tert-OH is 1. The Hall–Kier alpha value is -1.13. The summed E-state index contributed by atoms with van der Waals surface area (Å²) in [6.07, 6.45) is 4.40. The lowest BCUT2D eigenvalue weighted by molar-refractivity contribution is 0.0497. The second kappa shape index (κ2) is 5.47. The molecule has 92 valence electrons. The smallest absolute Gasteiger partial charge is 0.272 e. The minimum absolute atomic E-state index is 0.00626. The maximum absolute atomic E-state index is 12.2. The number of carbonyl (C=O) groups excluding carboxylic acids is 1. The van der Waals surface area contributed by atoms with E-state index < -0.39 is 0 Å². The Balaban J connectivity index is 2.18. The summed E-state index contributed by atoms with van der Waals surface area (Å²) in [5.41, 5.74) is 0.345. The van der Waals surface area contributed by atoms with Crippen LogP contribution in [-0.4, -0.2) is 40.1 Å². The Labute approximate surface area is 105 Å². The number of piperidine rings is 1. The van der Waals surface area contributed by atoms with Crippen molar-refractivity contribution in [2.24, 2.45) is 0 Å². The molecule has 0 bridgehead atoms. The van der Waals surface area contributed by atoms with E-state index in [2.05, 4.69) is 4.98 Å². The first kappa shape index (κ1) is 12.3. The van der Waals surface area contributed by atoms with Crippen LogP contribution in [0.1, 0.15) is 29.8 Å². The second-order valence-corrected chi connectivity index (χ2v) is 4.63. The Morgan fingerprint density at radius 3 is 3.12 bits per heavy atom. The summed E-state index contributed by atoms with van der Waals surface area (Å²) in [5, 5.41) is 9.77. The van der Waals surface area contributed by atoms with Crippen LogP contribution < -0.4 is 0 Å². The molecular formula is C12H15ClN2O2. The van der Waals surface area contributed by atoms with Gasteiger partial charge in [-0.05, 0) is 31.4 Å². The average Bonchev–Trinajstić information content (AvgIpc) is 2.38. The molecule has 2 heterocycles. The second-order valence-electron chi connectivity index (χ2n) is 4.19. The number of aliphatic hydroxyl groups is 1. The van der Waals surface area contributed by atoms with Crippen LogP contribution in [0.5, 0.6) is 0 Å². The SMILES string of the molecule is O=C(c1cc(Cl)ccn1)N1CCCCC1CO. The van der Waals surface area contributed by atoms with Gasteiger partial charge in [-0.3, -0.25) is 9.78 Å². The number of aromatic nitrogens is 1. The summed E-state index contributed by atoms with van der Waals surface area (Å²) < 4.78 is 0. The fourth-order valence-corrected chi connectivity index (χ4v) is 2.29. The van der Waals surface area contributed by atoms with Crippen LogP contribution >= 0.6 is 11.6 Å². The van der Waals surface area contributed by atoms with Crippen molar-refractivity contribution in [1.29, 1.82) is 0 Å². The summed E-state index contributed by atoms with van der Waals surface area (Å²) in [6, 6.07) is 3.11. The lowest BCUT2D eigenvalue weighted by Gasteiger charge is -2.34. The number of hydrogen-bond acceptors (Lipinski definition) is 3. The zero-order valence-electron chi connectivity index (χ0n) is 9.47. The molecule has 17 heavy (non-hydrogen) atoms. The fraction of sp³-hybridized carbons (Fsp3) is 0.500. The van der Waals surface area contributed by atoms with Crippen molar-refractivity contribution in [1.82, 2.24) is 9.88 Å². The van der Waals surface area contributed by atoms with Crippen LogP contribution in [-0.2, 0) is 0 Å². The van der Waals surface area contributed by atoms with E-state index in [9.17, 15) is 9.90 Å². The van der Waals surface area contributed by atoms with Gasteiger partial charge in [0.25, 0.3) is 5.91 Å². The average molecular weight is 255 g/mol. The number of amides is 1. The van der Waals surface area contributed by atoms with Gasteiger partial charge < -0.3 is 10.0 Å². The van der Waals surface area contributed by atoms with Gasteiger partial charge in [-0.15, -0.1) is 0 Å². The van der Waals surface area contributed by atoms with Gasteiger partial charge in [0, 0.05) is 17.8 Å². The molecule has 1 unspecified atom stereocenters. The number of likely N-dealkylation sites (tertiary alicyclic amines) is 1. The highest BCUT2D eigenvalue weighted by Crippen LogP contribution is 2.19. The van der Waals surface area contributed by atoms with E-state index in [1.54, 1.807) is 17.0 Å². The van der Waals surface area contributed by atoms with Crippen molar-refractivity contribution >= 4 is 17.5 Å². The molecule has 0 spiro atoms. The molecule has 1 N–H and O–H groups in total. The lowest BCUT2D eigenvalue weighted by atomic mass is 10.0. The van der Waals surface area contributed by atoms with Crippen LogP contribution in [0.3, 0.4) is 0 Å². The molecule has 1 atom stereocenters. The van der Waals surface area contributed by atoms with E-state index in [-0.39, 0.29) is 18.6 Å². The first-order valence-electron chi connectivity index (χ1n) is 5.76. The molecule has 0 saturated carbocycles. The van der Waals surface area contributed by atoms with Gasteiger partial charge in [0.05, 0.1) is 12.6 Å². The summed E-state index contributed by atoms with van der Waals surface area (Å²) in [6.45, 7) is 0.685. The molecule has 1 aromatic rings. The van der Waals surface area contributed by atoms with E-state index in [1.807, 2.05) is 0 Å². The monoisotopic (exact) mass is 254 g/mol. The maximum Gasteiger partial charge on any atom is 0.272 e. The summed E-state index contributed by atoms with van der Waals surface area (Å²) in [5.74, 6) is -0.147. The molecule has 1 aromatic heterocycles. The molecule has 2 rings (SSSR count). The highest BCUT2D eigenvalue weighted by atomic mass is 35.5. The number of rotatable bonds is 2. The van der Waals surface area contributed by atoms with Crippen molar-refractivity contribution < 1.29 is 9.90 Å². The van der Waals surface area contributed by atoms with Gasteiger partial charge in [-0.25, -0.2) is 0 Å². The van der Waals surface area contributed by atoms with E-state index in [0.29, 0.717) is 17.3 Å². The minimum atomic E-state index is -0.147. The number of hydrogen-bond donors (Lipinski definition) is 1. The first-order valence-corrected chi connectivity index (χ1v) is 6.13.